The molecule has 31 heavy (non-hydrogen) atoms. The summed E-state index contributed by atoms with van der Waals surface area (Å²) in [5, 5.41) is 14.8. The molecule has 0 unspecified atom stereocenters. The number of amides is 2. The van der Waals surface area contributed by atoms with Gasteiger partial charge in [0.05, 0.1) is 23.9 Å². The molecule has 3 N–H and O–H groups in total. The number of carbonyl (C=O) groups excluding carboxylic acids is 2. The predicted octanol–water partition coefficient (Wildman–Crippen LogP) is 3.34. The summed E-state index contributed by atoms with van der Waals surface area (Å²) in [4.78, 5) is 37.2. The number of carboxylic acid groups (broad SMARTS) is 1. The third-order valence-corrected chi connectivity index (χ3v) is 5.80. The number of thiophene rings is 1. The number of rotatable bonds is 6. The van der Waals surface area contributed by atoms with E-state index in [-0.39, 0.29) is 29.8 Å². The molecule has 1 aromatic heterocycles. The van der Waals surface area contributed by atoms with Crippen LogP contribution in [0.15, 0.2) is 24.3 Å². The number of benzene rings is 1. The normalized spacial score (nSPS) is 14.6. The Morgan fingerprint density at radius 1 is 1.19 bits per heavy atom. The summed E-state index contributed by atoms with van der Waals surface area (Å²) in [5.41, 5.74) is 0.980. The monoisotopic (exact) mass is 446 g/mol. The van der Waals surface area contributed by atoms with E-state index in [4.69, 9.17) is 9.47 Å². The van der Waals surface area contributed by atoms with E-state index in [0.717, 1.165) is 27.5 Å². The lowest BCUT2D eigenvalue weighted by atomic mass is 9.93. The molecule has 0 saturated heterocycles. The van der Waals surface area contributed by atoms with Gasteiger partial charge < -0.3 is 25.2 Å². The van der Waals surface area contributed by atoms with Crippen molar-refractivity contribution < 1.29 is 29.0 Å². The Bertz CT molecular complexity index is 994. The Kier molecular flexibility index (Phi) is 6.66. The van der Waals surface area contributed by atoms with Crippen LogP contribution < -0.4 is 15.4 Å². The zero-order valence-electron chi connectivity index (χ0n) is 17.9. The summed E-state index contributed by atoms with van der Waals surface area (Å²) >= 11 is 1.13. The number of hydrogen-bond donors (Lipinski definition) is 3. The van der Waals surface area contributed by atoms with E-state index in [0.29, 0.717) is 12.0 Å². The first-order chi connectivity index (χ1) is 14.6. The number of nitrogens with one attached hydrogen (secondary N) is 2. The first-order valence-corrected chi connectivity index (χ1v) is 10.7. The molecule has 0 spiro atoms. The fraction of sp³-hybridized carbons (Fsp3) is 0.409. The fourth-order valence-electron chi connectivity index (χ4n) is 3.25. The Morgan fingerprint density at radius 2 is 1.87 bits per heavy atom. The van der Waals surface area contributed by atoms with Gasteiger partial charge in [0.25, 0.3) is 0 Å². The van der Waals surface area contributed by atoms with E-state index >= 15 is 0 Å². The zero-order chi connectivity index (χ0) is 22.8. The molecule has 2 heterocycles. The van der Waals surface area contributed by atoms with E-state index in [9.17, 15) is 19.5 Å². The van der Waals surface area contributed by atoms with Crippen LogP contribution in [0.2, 0.25) is 0 Å². The van der Waals surface area contributed by atoms with Gasteiger partial charge in [0.2, 0.25) is 0 Å². The minimum Gasteiger partial charge on any atom is -0.491 e. The van der Waals surface area contributed by atoms with Gasteiger partial charge in [-0.1, -0.05) is 12.1 Å². The van der Waals surface area contributed by atoms with Crippen LogP contribution >= 0.6 is 11.3 Å². The van der Waals surface area contributed by atoms with Crippen molar-refractivity contribution in [1.82, 2.24) is 5.32 Å². The second-order valence-corrected chi connectivity index (χ2v) is 9.29. The highest BCUT2D eigenvalue weighted by molar-refractivity contribution is 7.17. The van der Waals surface area contributed by atoms with Crippen LogP contribution in [0.1, 0.15) is 54.1 Å². The molecule has 9 heteroatoms. The maximum atomic E-state index is 12.4. The summed E-state index contributed by atoms with van der Waals surface area (Å²) in [6.07, 6.45) is 0.476. The van der Waals surface area contributed by atoms with Crippen molar-refractivity contribution in [3.8, 4) is 5.75 Å². The summed E-state index contributed by atoms with van der Waals surface area (Å²) in [6, 6.07) is 7.18. The van der Waals surface area contributed by atoms with Crippen molar-refractivity contribution in [2.24, 2.45) is 0 Å². The molecule has 166 valence electrons. The van der Waals surface area contributed by atoms with Gasteiger partial charge in [0, 0.05) is 17.8 Å². The van der Waals surface area contributed by atoms with E-state index in [1.807, 2.05) is 27.7 Å². The van der Waals surface area contributed by atoms with E-state index in [2.05, 4.69) is 10.6 Å². The zero-order valence-corrected chi connectivity index (χ0v) is 18.7. The number of hydrogen-bond acceptors (Lipinski definition) is 6. The van der Waals surface area contributed by atoms with Gasteiger partial charge >= 0.3 is 17.8 Å². The van der Waals surface area contributed by atoms with Crippen molar-refractivity contribution in [2.45, 2.75) is 59.0 Å². The van der Waals surface area contributed by atoms with Gasteiger partial charge in [0.15, 0.2) is 0 Å². The van der Waals surface area contributed by atoms with Crippen LogP contribution in [0.4, 0.5) is 5.00 Å². The molecule has 0 radical (unpaired) electrons. The van der Waals surface area contributed by atoms with Crippen molar-refractivity contribution in [3.05, 3.63) is 45.8 Å². The summed E-state index contributed by atoms with van der Waals surface area (Å²) in [6.45, 7) is 8.05. The van der Waals surface area contributed by atoms with Gasteiger partial charge in [-0.05, 0) is 51.0 Å². The lowest BCUT2D eigenvalue weighted by molar-refractivity contribution is -0.136. The maximum absolute atomic E-state index is 12.4. The molecule has 1 aromatic carbocycles. The van der Waals surface area contributed by atoms with Crippen LogP contribution in [0, 0.1) is 0 Å². The topological polar surface area (TPSA) is 114 Å². The third-order valence-electron chi connectivity index (χ3n) is 4.68. The molecule has 0 fully saturated rings. The minimum atomic E-state index is -1.14. The SMILES string of the molecule is CC(C)Oc1ccc(CNC(=O)C(=O)Nc2sc3c(c2C(=O)O)CC(C)(C)OC3)cc1. The number of carboxylic acids is 1. The van der Waals surface area contributed by atoms with E-state index < -0.39 is 23.4 Å². The molecule has 0 atom stereocenters. The van der Waals surface area contributed by atoms with E-state index in [1.165, 1.54) is 0 Å². The molecule has 8 nitrogen and oxygen atoms in total. The largest absolute Gasteiger partial charge is 0.491 e. The molecule has 3 rings (SSSR count). The second-order valence-electron chi connectivity index (χ2n) is 8.19. The van der Waals surface area contributed by atoms with Gasteiger partial charge in [-0.3, -0.25) is 9.59 Å². The average Bonchev–Trinajstić information content (AvgIpc) is 3.02. The van der Waals surface area contributed by atoms with Gasteiger partial charge in [0.1, 0.15) is 10.8 Å². The average molecular weight is 447 g/mol. The molecular weight excluding hydrogens is 420 g/mol. The predicted molar refractivity (Wildman–Crippen MR) is 117 cm³/mol. The lowest BCUT2D eigenvalue weighted by Crippen LogP contribution is -2.35. The molecule has 0 bridgehead atoms. The van der Waals surface area contributed by atoms with Crippen LogP contribution in [0.5, 0.6) is 5.75 Å². The quantitative estimate of drug-likeness (QED) is 0.587. The van der Waals surface area contributed by atoms with Crippen LogP contribution in [-0.4, -0.2) is 34.6 Å². The Labute approximate surface area is 184 Å². The molecule has 0 aliphatic carbocycles. The minimum absolute atomic E-state index is 0.0262. The van der Waals surface area contributed by atoms with Crippen molar-refractivity contribution >= 4 is 34.1 Å². The second kappa shape index (κ2) is 9.07. The van der Waals surface area contributed by atoms with E-state index in [1.54, 1.807) is 24.3 Å². The first-order valence-electron chi connectivity index (χ1n) is 9.92. The summed E-state index contributed by atoms with van der Waals surface area (Å²) < 4.78 is 11.3. The standard InChI is InChI=1S/C22H26N2O6S/c1-12(2)30-14-7-5-13(6-8-14)10-23-18(25)19(26)24-20-17(21(27)28)15-9-22(3,4)29-11-16(15)31-20/h5-8,12H,9-11H2,1-4H3,(H,23,25)(H,24,26)(H,27,28). The highest BCUT2D eigenvalue weighted by Gasteiger charge is 2.34. The number of anilines is 1. The molecule has 2 aromatic rings. The van der Waals surface area contributed by atoms with Crippen molar-refractivity contribution in [1.29, 1.82) is 0 Å². The van der Waals surface area contributed by atoms with Crippen LogP contribution in [-0.2, 0) is 33.9 Å². The van der Waals surface area contributed by atoms with Gasteiger partial charge in [-0.25, -0.2) is 4.79 Å². The van der Waals surface area contributed by atoms with Crippen LogP contribution in [0.3, 0.4) is 0 Å². The smallest absolute Gasteiger partial charge is 0.339 e. The molecule has 1 aliphatic heterocycles. The number of fused-ring (bicyclic) bond motifs is 1. The van der Waals surface area contributed by atoms with Gasteiger partial charge in [-0.2, -0.15) is 0 Å². The van der Waals surface area contributed by atoms with Crippen molar-refractivity contribution in [2.75, 3.05) is 5.32 Å². The summed E-state index contributed by atoms with van der Waals surface area (Å²) in [5.74, 6) is -2.18. The number of ether oxygens (including phenoxy) is 2. The number of aromatic carboxylic acids is 1. The highest BCUT2D eigenvalue weighted by Crippen LogP contribution is 2.40. The van der Waals surface area contributed by atoms with Crippen LogP contribution in [0.25, 0.3) is 0 Å². The molecule has 1 aliphatic rings. The fourth-order valence-corrected chi connectivity index (χ4v) is 4.37. The number of carbonyl (C=O) groups is 3. The van der Waals surface area contributed by atoms with Crippen molar-refractivity contribution in [3.63, 3.8) is 0 Å². The molecule has 2 amide bonds. The Morgan fingerprint density at radius 3 is 2.48 bits per heavy atom. The Hall–Kier alpha value is -2.91. The molecular formula is C22H26N2O6S. The Balaban J connectivity index is 1.64. The maximum Gasteiger partial charge on any atom is 0.339 e. The molecule has 0 saturated carbocycles. The first kappa shape index (κ1) is 22.8. The summed E-state index contributed by atoms with van der Waals surface area (Å²) in [7, 11) is 0. The lowest BCUT2D eigenvalue weighted by Gasteiger charge is -2.30. The third kappa shape index (κ3) is 5.62. The van der Waals surface area contributed by atoms with Gasteiger partial charge in [-0.15, -0.1) is 11.3 Å². The highest BCUT2D eigenvalue weighted by atomic mass is 32.1.